The van der Waals surface area contributed by atoms with E-state index >= 15 is 0 Å². The molecule has 1 amide bonds. The zero-order valence-electron chi connectivity index (χ0n) is 12.3. The average Bonchev–Trinajstić information content (AvgIpc) is 3.08. The van der Waals surface area contributed by atoms with Crippen molar-refractivity contribution in [2.75, 3.05) is 7.11 Å². The largest absolute Gasteiger partial charge is 0.465 e. The second-order valence-electron chi connectivity index (χ2n) is 4.20. The van der Waals surface area contributed by atoms with Crippen LogP contribution in [0, 0.1) is 0 Å². The molecule has 0 spiro atoms. The molecule has 0 bridgehead atoms. The number of carbonyl (C=O) groups excluding carboxylic acids is 2. The van der Waals surface area contributed by atoms with Gasteiger partial charge in [0, 0.05) is 6.08 Å². The van der Waals surface area contributed by atoms with E-state index in [1.807, 2.05) is 0 Å². The topological polar surface area (TPSA) is 90.1 Å². The molecule has 1 aromatic carbocycles. The summed E-state index contributed by atoms with van der Waals surface area (Å²) in [5.74, 6) is 0.430. The van der Waals surface area contributed by atoms with Crippen LogP contribution in [0.2, 0.25) is 0 Å². The number of rotatable bonds is 5. The quantitative estimate of drug-likeness (QED) is 0.301. The SMILES string of the molecule is COC(=O)NN=Cc1ccc(OC(=O)/C=C/c2ccco2)cc1. The van der Waals surface area contributed by atoms with Crippen LogP contribution in [0.1, 0.15) is 11.3 Å². The zero-order chi connectivity index (χ0) is 16.5. The second kappa shape index (κ2) is 8.18. The number of amides is 1. The molecule has 0 fully saturated rings. The number of hydrazone groups is 1. The van der Waals surface area contributed by atoms with Crippen LogP contribution in [0.3, 0.4) is 0 Å². The second-order valence-corrected chi connectivity index (χ2v) is 4.20. The van der Waals surface area contributed by atoms with Gasteiger partial charge in [-0.2, -0.15) is 5.10 Å². The number of esters is 1. The minimum atomic E-state index is -0.657. The van der Waals surface area contributed by atoms with E-state index in [1.54, 1.807) is 36.4 Å². The molecule has 1 aromatic heterocycles. The lowest BCUT2D eigenvalue weighted by Crippen LogP contribution is -2.16. The molecule has 7 nitrogen and oxygen atoms in total. The van der Waals surface area contributed by atoms with Crippen LogP contribution in [0.25, 0.3) is 6.08 Å². The monoisotopic (exact) mass is 314 g/mol. The highest BCUT2D eigenvalue weighted by atomic mass is 16.5. The first-order valence-corrected chi connectivity index (χ1v) is 6.58. The molecule has 0 aliphatic rings. The summed E-state index contributed by atoms with van der Waals surface area (Å²) in [6, 6.07) is 10.0. The molecule has 1 N–H and O–H groups in total. The van der Waals surface area contributed by atoms with E-state index in [4.69, 9.17) is 9.15 Å². The molecule has 7 heteroatoms. The predicted octanol–water partition coefficient (Wildman–Crippen LogP) is 2.59. The molecule has 0 aliphatic heterocycles. The van der Waals surface area contributed by atoms with Gasteiger partial charge in [0.25, 0.3) is 0 Å². The first kappa shape index (κ1) is 16.0. The molecule has 0 aliphatic carbocycles. The summed E-state index contributed by atoms with van der Waals surface area (Å²) < 4.78 is 14.6. The van der Waals surface area contributed by atoms with Crippen molar-refractivity contribution in [1.29, 1.82) is 0 Å². The van der Waals surface area contributed by atoms with Gasteiger partial charge in [-0.3, -0.25) is 0 Å². The van der Waals surface area contributed by atoms with Gasteiger partial charge in [-0.15, -0.1) is 0 Å². The number of nitrogens with zero attached hydrogens (tertiary/aromatic N) is 1. The van der Waals surface area contributed by atoms with Crippen LogP contribution in [0.4, 0.5) is 4.79 Å². The van der Waals surface area contributed by atoms with Crippen molar-refractivity contribution >= 4 is 24.4 Å². The van der Waals surface area contributed by atoms with Crippen molar-refractivity contribution < 1.29 is 23.5 Å². The van der Waals surface area contributed by atoms with Gasteiger partial charge in [0.05, 0.1) is 19.6 Å². The number of ether oxygens (including phenoxy) is 2. The number of furan rings is 1. The van der Waals surface area contributed by atoms with Crippen LogP contribution in [-0.2, 0) is 9.53 Å². The van der Waals surface area contributed by atoms with Crippen molar-refractivity contribution in [3.8, 4) is 5.75 Å². The number of methoxy groups -OCH3 is 1. The number of hydrogen-bond acceptors (Lipinski definition) is 6. The third kappa shape index (κ3) is 5.50. The Balaban J connectivity index is 1.87. The lowest BCUT2D eigenvalue weighted by molar-refractivity contribution is -0.128. The van der Waals surface area contributed by atoms with Gasteiger partial charge >= 0.3 is 12.1 Å². The van der Waals surface area contributed by atoms with Crippen molar-refractivity contribution in [2.24, 2.45) is 5.10 Å². The number of carbonyl (C=O) groups is 2. The molecular weight excluding hydrogens is 300 g/mol. The Labute approximate surface area is 132 Å². The van der Waals surface area contributed by atoms with E-state index in [2.05, 4.69) is 15.3 Å². The molecule has 0 unspecified atom stereocenters. The van der Waals surface area contributed by atoms with Gasteiger partial charge in [-0.05, 0) is 48.0 Å². The van der Waals surface area contributed by atoms with Crippen LogP contribution >= 0.6 is 0 Å². The van der Waals surface area contributed by atoms with Gasteiger partial charge in [0.2, 0.25) is 0 Å². The van der Waals surface area contributed by atoms with Crippen LogP contribution < -0.4 is 10.2 Å². The van der Waals surface area contributed by atoms with Crippen molar-refractivity contribution in [3.05, 3.63) is 60.1 Å². The predicted molar refractivity (Wildman–Crippen MR) is 83.0 cm³/mol. The first-order valence-electron chi connectivity index (χ1n) is 6.58. The Morgan fingerprint density at radius 1 is 1.22 bits per heavy atom. The van der Waals surface area contributed by atoms with E-state index in [-0.39, 0.29) is 0 Å². The molecule has 0 radical (unpaired) electrons. The summed E-state index contributed by atoms with van der Waals surface area (Å²) in [5, 5.41) is 3.68. The summed E-state index contributed by atoms with van der Waals surface area (Å²) in [7, 11) is 1.24. The van der Waals surface area contributed by atoms with E-state index < -0.39 is 12.1 Å². The molecule has 2 aromatic rings. The Morgan fingerprint density at radius 3 is 2.65 bits per heavy atom. The molecular formula is C16H14N2O5. The Kier molecular flexibility index (Phi) is 5.70. The lowest BCUT2D eigenvalue weighted by Gasteiger charge is -2.01. The summed E-state index contributed by atoms with van der Waals surface area (Å²) in [6.07, 6.45) is 5.07. The van der Waals surface area contributed by atoms with Crippen LogP contribution in [0.15, 0.2) is 58.3 Å². The minimum absolute atomic E-state index is 0.386. The third-order valence-electron chi connectivity index (χ3n) is 2.58. The van der Waals surface area contributed by atoms with E-state index in [0.717, 1.165) is 0 Å². The number of hydrogen-bond donors (Lipinski definition) is 1. The molecule has 23 heavy (non-hydrogen) atoms. The van der Waals surface area contributed by atoms with Crippen molar-refractivity contribution in [2.45, 2.75) is 0 Å². The normalized spacial score (nSPS) is 10.8. The number of benzene rings is 1. The molecule has 2 rings (SSSR count). The molecule has 118 valence electrons. The van der Waals surface area contributed by atoms with Gasteiger partial charge in [-0.25, -0.2) is 15.0 Å². The Hall–Kier alpha value is -3.35. The fraction of sp³-hybridized carbons (Fsp3) is 0.0625. The van der Waals surface area contributed by atoms with E-state index in [9.17, 15) is 9.59 Å². The highest BCUT2D eigenvalue weighted by Crippen LogP contribution is 2.12. The molecule has 1 heterocycles. The van der Waals surface area contributed by atoms with Gasteiger partial charge < -0.3 is 13.9 Å². The van der Waals surface area contributed by atoms with Gasteiger partial charge in [-0.1, -0.05) is 0 Å². The Bertz CT molecular complexity index is 703. The van der Waals surface area contributed by atoms with E-state index in [0.29, 0.717) is 17.1 Å². The molecule has 0 saturated heterocycles. The van der Waals surface area contributed by atoms with Gasteiger partial charge in [0.1, 0.15) is 11.5 Å². The van der Waals surface area contributed by atoms with Crippen molar-refractivity contribution in [3.63, 3.8) is 0 Å². The van der Waals surface area contributed by atoms with E-state index in [1.165, 1.54) is 31.7 Å². The fourth-order valence-corrected chi connectivity index (χ4v) is 1.51. The summed E-state index contributed by atoms with van der Waals surface area (Å²) in [5.41, 5.74) is 2.88. The highest BCUT2D eigenvalue weighted by Gasteiger charge is 2.01. The fourth-order valence-electron chi connectivity index (χ4n) is 1.51. The zero-order valence-corrected chi connectivity index (χ0v) is 12.3. The molecule has 0 saturated carbocycles. The Morgan fingerprint density at radius 2 is 2.00 bits per heavy atom. The maximum Gasteiger partial charge on any atom is 0.427 e. The lowest BCUT2D eigenvalue weighted by atomic mass is 10.2. The molecule has 0 atom stereocenters. The maximum absolute atomic E-state index is 11.6. The minimum Gasteiger partial charge on any atom is -0.465 e. The third-order valence-corrected chi connectivity index (χ3v) is 2.58. The summed E-state index contributed by atoms with van der Waals surface area (Å²) in [4.78, 5) is 22.4. The van der Waals surface area contributed by atoms with Gasteiger partial charge in [0.15, 0.2) is 0 Å². The van der Waals surface area contributed by atoms with Crippen LogP contribution in [-0.4, -0.2) is 25.4 Å². The first-order chi connectivity index (χ1) is 11.2. The standard InChI is InChI=1S/C16H14N2O5/c1-21-16(20)18-17-11-12-4-6-14(7-5-12)23-15(19)9-8-13-3-2-10-22-13/h2-11H,1H3,(H,18,20)/b9-8+,17-11?. The summed E-state index contributed by atoms with van der Waals surface area (Å²) >= 11 is 0. The van der Waals surface area contributed by atoms with Crippen molar-refractivity contribution in [1.82, 2.24) is 5.43 Å². The smallest absolute Gasteiger partial charge is 0.427 e. The van der Waals surface area contributed by atoms with Crippen LogP contribution in [0.5, 0.6) is 5.75 Å². The maximum atomic E-state index is 11.6. The summed E-state index contributed by atoms with van der Waals surface area (Å²) in [6.45, 7) is 0. The average molecular weight is 314 g/mol. The number of nitrogens with one attached hydrogen (secondary N) is 1. The highest BCUT2D eigenvalue weighted by molar-refractivity contribution is 5.88.